The van der Waals surface area contributed by atoms with Crippen LogP contribution in [0.4, 0.5) is 0 Å². The highest BCUT2D eigenvalue weighted by Crippen LogP contribution is 2.22. The van der Waals surface area contributed by atoms with Crippen LogP contribution < -0.4 is 5.32 Å². The number of nitrogens with one attached hydrogen (secondary N) is 1. The van der Waals surface area contributed by atoms with Crippen molar-refractivity contribution < 1.29 is 4.79 Å². The van der Waals surface area contributed by atoms with Gasteiger partial charge in [-0.3, -0.25) is 4.79 Å². The molecule has 0 spiro atoms. The van der Waals surface area contributed by atoms with E-state index in [1.165, 1.54) is 6.08 Å². The van der Waals surface area contributed by atoms with Gasteiger partial charge in [0.1, 0.15) is 0 Å². The van der Waals surface area contributed by atoms with Gasteiger partial charge in [-0.1, -0.05) is 36.2 Å². The Bertz CT molecular complexity index is 429. The molecule has 1 N–H and O–H groups in total. The van der Waals surface area contributed by atoms with Crippen molar-refractivity contribution in [3.05, 3.63) is 39.9 Å². The van der Waals surface area contributed by atoms with E-state index in [9.17, 15) is 4.79 Å². The second-order valence-electron chi connectivity index (χ2n) is 3.82. The average Bonchev–Trinajstić information content (AvgIpc) is 2.30. The molecule has 0 saturated carbocycles. The Hall–Kier alpha value is -0.990. The van der Waals surface area contributed by atoms with Crippen LogP contribution in [0, 0.1) is 0 Å². The Morgan fingerprint density at radius 1 is 1.41 bits per heavy atom. The molecule has 0 heterocycles. The Kier molecular flexibility index (Phi) is 5.52. The molecule has 0 aliphatic heterocycles. The number of benzene rings is 1. The van der Waals surface area contributed by atoms with Crippen molar-refractivity contribution in [1.82, 2.24) is 5.32 Å². The van der Waals surface area contributed by atoms with Gasteiger partial charge in [-0.25, -0.2) is 0 Å². The molecule has 0 aromatic heterocycles. The lowest BCUT2D eigenvalue weighted by molar-refractivity contribution is -0.117. The first-order chi connectivity index (χ1) is 8.02. The lowest BCUT2D eigenvalue weighted by atomic mass is 10.2. The number of carbonyl (C=O) groups is 1. The van der Waals surface area contributed by atoms with Crippen LogP contribution in [0.5, 0.6) is 0 Å². The Balaban J connectivity index is 2.64. The van der Waals surface area contributed by atoms with Crippen LogP contribution in [0.15, 0.2) is 24.3 Å². The number of hydrogen-bond acceptors (Lipinski definition) is 1. The zero-order valence-electron chi connectivity index (χ0n) is 9.84. The zero-order chi connectivity index (χ0) is 12.8. The zero-order valence-corrected chi connectivity index (χ0v) is 11.3. The van der Waals surface area contributed by atoms with E-state index < -0.39 is 0 Å². The summed E-state index contributed by atoms with van der Waals surface area (Å²) in [4.78, 5) is 11.5. The van der Waals surface area contributed by atoms with Gasteiger partial charge in [-0.2, -0.15) is 0 Å². The number of halogens is 2. The quantitative estimate of drug-likeness (QED) is 0.827. The van der Waals surface area contributed by atoms with Gasteiger partial charge < -0.3 is 5.32 Å². The van der Waals surface area contributed by atoms with E-state index in [1.54, 1.807) is 24.3 Å². The van der Waals surface area contributed by atoms with Crippen molar-refractivity contribution in [3.8, 4) is 0 Å². The summed E-state index contributed by atoms with van der Waals surface area (Å²) in [6.07, 6.45) is 4.11. The second-order valence-corrected chi connectivity index (χ2v) is 4.64. The fourth-order valence-corrected chi connectivity index (χ4v) is 1.49. The van der Waals surface area contributed by atoms with E-state index in [1.807, 2.05) is 13.8 Å². The van der Waals surface area contributed by atoms with Gasteiger partial charge in [0.2, 0.25) is 5.91 Å². The van der Waals surface area contributed by atoms with Gasteiger partial charge >= 0.3 is 0 Å². The molecule has 0 saturated heterocycles. The number of amides is 1. The fraction of sp³-hybridized carbons (Fsp3) is 0.308. The van der Waals surface area contributed by atoms with Crippen LogP contribution in [0.2, 0.25) is 10.0 Å². The highest BCUT2D eigenvalue weighted by molar-refractivity contribution is 6.42. The van der Waals surface area contributed by atoms with Crippen LogP contribution in [0.3, 0.4) is 0 Å². The summed E-state index contributed by atoms with van der Waals surface area (Å²) in [5.41, 5.74) is 0.846. The lowest BCUT2D eigenvalue weighted by Gasteiger charge is -2.08. The van der Waals surface area contributed by atoms with Crippen LogP contribution in [-0.4, -0.2) is 11.9 Å². The first-order valence-corrected chi connectivity index (χ1v) is 6.22. The maximum absolute atomic E-state index is 11.5. The van der Waals surface area contributed by atoms with E-state index in [2.05, 4.69) is 5.32 Å². The van der Waals surface area contributed by atoms with E-state index in [4.69, 9.17) is 23.2 Å². The highest BCUT2D eigenvalue weighted by atomic mass is 35.5. The Labute approximate surface area is 112 Å². The third kappa shape index (κ3) is 4.80. The van der Waals surface area contributed by atoms with Crippen LogP contribution >= 0.6 is 23.2 Å². The summed E-state index contributed by atoms with van der Waals surface area (Å²) in [5.74, 6) is -0.106. The Morgan fingerprint density at radius 2 is 2.12 bits per heavy atom. The van der Waals surface area contributed by atoms with Crippen molar-refractivity contribution in [3.63, 3.8) is 0 Å². The molecule has 1 aromatic carbocycles. The summed E-state index contributed by atoms with van der Waals surface area (Å²) >= 11 is 11.7. The van der Waals surface area contributed by atoms with Gasteiger partial charge in [0.15, 0.2) is 0 Å². The second kappa shape index (κ2) is 6.67. The minimum atomic E-state index is -0.106. The number of carbonyl (C=O) groups excluding carboxylic acids is 1. The van der Waals surface area contributed by atoms with Crippen molar-refractivity contribution in [2.45, 2.75) is 26.3 Å². The van der Waals surface area contributed by atoms with Crippen LogP contribution in [0.25, 0.3) is 6.08 Å². The predicted octanol–water partition coefficient (Wildman–Crippen LogP) is 3.92. The van der Waals surface area contributed by atoms with Gasteiger partial charge in [0.05, 0.1) is 10.0 Å². The maximum atomic E-state index is 11.5. The lowest BCUT2D eigenvalue weighted by Crippen LogP contribution is -2.30. The molecule has 1 aromatic rings. The molecule has 1 amide bonds. The number of hydrogen-bond donors (Lipinski definition) is 1. The SMILES string of the molecule is CCC(C)NC(=O)C=Cc1ccc(Cl)c(Cl)c1. The van der Waals surface area contributed by atoms with E-state index in [0.29, 0.717) is 10.0 Å². The molecular weight excluding hydrogens is 257 g/mol. The normalized spacial score (nSPS) is 12.7. The highest BCUT2D eigenvalue weighted by Gasteiger charge is 2.01. The summed E-state index contributed by atoms with van der Waals surface area (Å²) in [7, 11) is 0. The van der Waals surface area contributed by atoms with Crippen LogP contribution in [-0.2, 0) is 4.79 Å². The first-order valence-electron chi connectivity index (χ1n) is 5.46. The Morgan fingerprint density at radius 3 is 2.71 bits per heavy atom. The topological polar surface area (TPSA) is 29.1 Å². The van der Waals surface area contributed by atoms with E-state index in [0.717, 1.165) is 12.0 Å². The molecule has 0 bridgehead atoms. The molecule has 1 atom stereocenters. The molecule has 1 rings (SSSR count). The van der Waals surface area contributed by atoms with Gasteiger partial charge in [0.25, 0.3) is 0 Å². The summed E-state index contributed by atoms with van der Waals surface area (Å²) in [6.45, 7) is 3.98. The average molecular weight is 272 g/mol. The monoisotopic (exact) mass is 271 g/mol. The minimum absolute atomic E-state index is 0.106. The molecule has 0 radical (unpaired) electrons. The molecule has 17 heavy (non-hydrogen) atoms. The van der Waals surface area contributed by atoms with E-state index >= 15 is 0 Å². The van der Waals surface area contributed by atoms with Gasteiger partial charge in [-0.05, 0) is 37.1 Å². The fourth-order valence-electron chi connectivity index (χ4n) is 1.18. The summed E-state index contributed by atoms with van der Waals surface area (Å²) in [5, 5.41) is 3.83. The molecular formula is C13H15Cl2NO. The summed E-state index contributed by atoms with van der Waals surface area (Å²) < 4.78 is 0. The van der Waals surface area contributed by atoms with Crippen molar-refractivity contribution in [1.29, 1.82) is 0 Å². The molecule has 2 nitrogen and oxygen atoms in total. The predicted molar refractivity (Wildman–Crippen MR) is 73.4 cm³/mol. The third-order valence-corrected chi connectivity index (χ3v) is 3.11. The maximum Gasteiger partial charge on any atom is 0.244 e. The van der Waals surface area contributed by atoms with Crippen molar-refractivity contribution >= 4 is 35.2 Å². The third-order valence-electron chi connectivity index (χ3n) is 2.37. The summed E-state index contributed by atoms with van der Waals surface area (Å²) in [6, 6.07) is 5.41. The smallest absolute Gasteiger partial charge is 0.244 e. The van der Waals surface area contributed by atoms with Crippen molar-refractivity contribution in [2.24, 2.45) is 0 Å². The molecule has 92 valence electrons. The minimum Gasteiger partial charge on any atom is -0.350 e. The molecule has 0 fully saturated rings. The molecule has 1 unspecified atom stereocenters. The van der Waals surface area contributed by atoms with Gasteiger partial charge in [-0.15, -0.1) is 0 Å². The van der Waals surface area contributed by atoms with Crippen molar-refractivity contribution in [2.75, 3.05) is 0 Å². The van der Waals surface area contributed by atoms with Gasteiger partial charge in [0, 0.05) is 12.1 Å². The van der Waals surface area contributed by atoms with Crippen LogP contribution in [0.1, 0.15) is 25.8 Å². The largest absolute Gasteiger partial charge is 0.350 e. The standard InChI is InChI=1S/C13H15Cl2NO/c1-3-9(2)16-13(17)7-5-10-4-6-11(14)12(15)8-10/h4-9H,3H2,1-2H3,(H,16,17). The first kappa shape index (κ1) is 14.1. The molecule has 0 aliphatic carbocycles. The molecule has 4 heteroatoms. The van der Waals surface area contributed by atoms with E-state index in [-0.39, 0.29) is 11.9 Å². The number of rotatable bonds is 4. The molecule has 0 aliphatic rings.